The van der Waals surface area contributed by atoms with Crippen LogP contribution in [0, 0.1) is 11.3 Å². The van der Waals surface area contributed by atoms with Crippen molar-refractivity contribution in [1.29, 1.82) is 5.26 Å². The molecule has 0 saturated carbocycles. The number of nitrogens with one attached hydrogen (secondary N) is 1. The molecule has 1 aromatic carbocycles. The van der Waals surface area contributed by atoms with Crippen molar-refractivity contribution in [3.63, 3.8) is 0 Å². The van der Waals surface area contributed by atoms with Crippen molar-refractivity contribution in [3.05, 3.63) is 65.3 Å². The lowest BCUT2D eigenvalue weighted by Gasteiger charge is -2.02. The molecule has 0 aliphatic rings. The van der Waals surface area contributed by atoms with Crippen LogP contribution in [-0.2, 0) is 0 Å². The molecule has 0 radical (unpaired) electrons. The van der Waals surface area contributed by atoms with E-state index in [1.54, 1.807) is 35.8 Å². The van der Waals surface area contributed by atoms with Crippen LogP contribution in [0.1, 0.15) is 16.1 Å². The smallest absolute Gasteiger partial charge is 0.275 e. The maximum atomic E-state index is 12.2. The number of amides is 1. The Balaban J connectivity index is 1.79. The van der Waals surface area contributed by atoms with Crippen LogP contribution in [0.3, 0.4) is 0 Å². The van der Waals surface area contributed by atoms with E-state index in [1.165, 1.54) is 11.3 Å². The number of hydrogen-bond donors (Lipinski definition) is 1. The van der Waals surface area contributed by atoms with Gasteiger partial charge < -0.3 is 5.32 Å². The van der Waals surface area contributed by atoms with Gasteiger partial charge in [-0.25, -0.2) is 4.98 Å². The Labute approximate surface area is 130 Å². The maximum Gasteiger partial charge on any atom is 0.275 e. The number of nitriles is 1. The number of hydrogen-bond acceptors (Lipinski definition) is 5. The summed E-state index contributed by atoms with van der Waals surface area (Å²) >= 11 is 1.36. The van der Waals surface area contributed by atoms with Crippen LogP contribution in [0.25, 0.3) is 10.7 Å². The van der Waals surface area contributed by atoms with Gasteiger partial charge in [0.15, 0.2) is 0 Å². The molecule has 0 atom stereocenters. The van der Waals surface area contributed by atoms with Gasteiger partial charge in [0.25, 0.3) is 5.91 Å². The number of thiazole rings is 1. The van der Waals surface area contributed by atoms with Crippen LogP contribution in [0.4, 0.5) is 5.69 Å². The fourth-order valence-corrected chi connectivity index (χ4v) is 2.62. The van der Waals surface area contributed by atoms with Gasteiger partial charge >= 0.3 is 0 Å². The molecule has 106 valence electrons. The molecule has 1 amide bonds. The Bertz CT molecular complexity index is 852. The van der Waals surface area contributed by atoms with Gasteiger partial charge in [0.2, 0.25) is 0 Å². The fraction of sp³-hybridized carbons (Fsp3) is 0. The number of nitrogens with zero attached hydrogens (tertiary/aromatic N) is 3. The van der Waals surface area contributed by atoms with Gasteiger partial charge in [-0.1, -0.05) is 12.1 Å². The summed E-state index contributed by atoms with van der Waals surface area (Å²) in [4.78, 5) is 20.7. The summed E-state index contributed by atoms with van der Waals surface area (Å²) in [7, 11) is 0. The van der Waals surface area contributed by atoms with E-state index < -0.39 is 0 Å². The first-order chi connectivity index (χ1) is 10.8. The first-order valence-corrected chi connectivity index (χ1v) is 7.32. The SMILES string of the molecule is N#Cc1cccc(NC(=O)c2csc(-c3ccccn3)n2)c1. The summed E-state index contributed by atoms with van der Waals surface area (Å²) in [5.74, 6) is -0.312. The van der Waals surface area contributed by atoms with Gasteiger partial charge in [0.1, 0.15) is 10.7 Å². The Morgan fingerprint density at radius 3 is 2.91 bits per heavy atom. The quantitative estimate of drug-likeness (QED) is 0.805. The highest BCUT2D eigenvalue weighted by atomic mass is 32.1. The number of pyridine rings is 1. The van der Waals surface area contributed by atoms with E-state index in [0.29, 0.717) is 22.0 Å². The van der Waals surface area contributed by atoms with Gasteiger partial charge in [0.05, 0.1) is 17.3 Å². The molecule has 0 aliphatic heterocycles. The first-order valence-electron chi connectivity index (χ1n) is 6.45. The molecular formula is C16H10N4OS. The predicted octanol–water partition coefficient (Wildman–Crippen LogP) is 3.33. The zero-order valence-electron chi connectivity index (χ0n) is 11.4. The van der Waals surface area contributed by atoms with Crippen LogP contribution < -0.4 is 5.32 Å². The Morgan fingerprint density at radius 1 is 1.23 bits per heavy atom. The van der Waals surface area contributed by atoms with Crippen LogP contribution in [0.2, 0.25) is 0 Å². The normalized spacial score (nSPS) is 9.95. The third-order valence-electron chi connectivity index (χ3n) is 2.87. The molecular weight excluding hydrogens is 296 g/mol. The van der Waals surface area contributed by atoms with Crippen molar-refractivity contribution < 1.29 is 4.79 Å². The molecule has 2 heterocycles. The molecule has 0 saturated heterocycles. The van der Waals surface area contributed by atoms with E-state index in [2.05, 4.69) is 15.3 Å². The summed E-state index contributed by atoms with van der Waals surface area (Å²) < 4.78 is 0. The number of rotatable bonds is 3. The first kappa shape index (κ1) is 13.9. The molecule has 0 aliphatic carbocycles. The highest BCUT2D eigenvalue weighted by Gasteiger charge is 2.12. The van der Waals surface area contributed by atoms with E-state index in [4.69, 9.17) is 5.26 Å². The lowest BCUT2D eigenvalue weighted by Crippen LogP contribution is -2.12. The number of benzene rings is 1. The van der Waals surface area contributed by atoms with Crippen LogP contribution >= 0.6 is 11.3 Å². The van der Waals surface area contributed by atoms with Crippen molar-refractivity contribution in [3.8, 4) is 16.8 Å². The number of anilines is 1. The van der Waals surface area contributed by atoms with Crippen molar-refractivity contribution in [2.24, 2.45) is 0 Å². The molecule has 5 nitrogen and oxygen atoms in total. The van der Waals surface area contributed by atoms with Crippen molar-refractivity contribution in [2.45, 2.75) is 0 Å². The lowest BCUT2D eigenvalue weighted by atomic mass is 10.2. The zero-order chi connectivity index (χ0) is 15.4. The van der Waals surface area contributed by atoms with Crippen molar-refractivity contribution >= 4 is 22.9 Å². The second kappa shape index (κ2) is 6.16. The van der Waals surface area contributed by atoms with E-state index in [0.717, 1.165) is 5.69 Å². The van der Waals surface area contributed by atoms with Gasteiger partial charge in [-0.2, -0.15) is 5.26 Å². The molecule has 2 aromatic heterocycles. The molecule has 0 unspecified atom stereocenters. The van der Waals surface area contributed by atoms with Gasteiger partial charge in [-0.3, -0.25) is 9.78 Å². The monoisotopic (exact) mass is 306 g/mol. The number of carbonyl (C=O) groups is 1. The minimum atomic E-state index is -0.312. The molecule has 3 rings (SSSR count). The highest BCUT2D eigenvalue weighted by molar-refractivity contribution is 7.13. The fourth-order valence-electron chi connectivity index (χ4n) is 1.85. The van der Waals surface area contributed by atoms with Crippen LogP contribution in [0.5, 0.6) is 0 Å². The standard InChI is InChI=1S/C16H10N4OS/c17-9-11-4-3-5-12(8-11)19-15(21)14-10-22-16(20-14)13-6-1-2-7-18-13/h1-8,10H,(H,19,21). The minimum absolute atomic E-state index is 0.312. The van der Waals surface area contributed by atoms with Crippen LogP contribution in [-0.4, -0.2) is 15.9 Å². The topological polar surface area (TPSA) is 78.7 Å². The third-order valence-corrected chi connectivity index (χ3v) is 3.74. The number of carbonyl (C=O) groups excluding carboxylic acids is 1. The average molecular weight is 306 g/mol. The van der Waals surface area contributed by atoms with E-state index in [-0.39, 0.29) is 5.91 Å². The lowest BCUT2D eigenvalue weighted by molar-refractivity contribution is 0.102. The minimum Gasteiger partial charge on any atom is -0.321 e. The summed E-state index contributed by atoms with van der Waals surface area (Å²) in [6, 6.07) is 14.3. The zero-order valence-corrected chi connectivity index (χ0v) is 12.2. The second-order valence-electron chi connectivity index (χ2n) is 4.40. The van der Waals surface area contributed by atoms with Gasteiger partial charge in [0, 0.05) is 17.3 Å². The molecule has 3 aromatic rings. The molecule has 22 heavy (non-hydrogen) atoms. The number of aromatic nitrogens is 2. The van der Waals surface area contributed by atoms with Gasteiger partial charge in [-0.05, 0) is 30.3 Å². The Morgan fingerprint density at radius 2 is 2.14 bits per heavy atom. The van der Waals surface area contributed by atoms with Crippen molar-refractivity contribution in [1.82, 2.24) is 9.97 Å². The summed E-state index contributed by atoms with van der Waals surface area (Å²) in [6.45, 7) is 0. The molecule has 0 spiro atoms. The molecule has 0 bridgehead atoms. The molecule has 6 heteroatoms. The second-order valence-corrected chi connectivity index (χ2v) is 5.26. The molecule has 0 fully saturated rings. The van der Waals surface area contributed by atoms with Gasteiger partial charge in [-0.15, -0.1) is 11.3 Å². The summed E-state index contributed by atoms with van der Waals surface area (Å²) in [6.07, 6.45) is 1.68. The van der Waals surface area contributed by atoms with E-state index in [9.17, 15) is 4.79 Å². The van der Waals surface area contributed by atoms with E-state index >= 15 is 0 Å². The summed E-state index contributed by atoms with van der Waals surface area (Å²) in [5, 5.41) is 14.0. The van der Waals surface area contributed by atoms with E-state index in [1.807, 2.05) is 24.3 Å². The Kier molecular flexibility index (Phi) is 3.90. The average Bonchev–Trinajstić information content (AvgIpc) is 3.06. The maximum absolute atomic E-state index is 12.2. The Hall–Kier alpha value is -3.04. The molecule has 1 N–H and O–H groups in total. The third kappa shape index (κ3) is 3.00. The van der Waals surface area contributed by atoms with Crippen LogP contribution in [0.15, 0.2) is 54.0 Å². The largest absolute Gasteiger partial charge is 0.321 e. The predicted molar refractivity (Wildman–Crippen MR) is 84.5 cm³/mol. The summed E-state index contributed by atoms with van der Waals surface area (Å²) in [5.41, 5.74) is 2.12. The highest BCUT2D eigenvalue weighted by Crippen LogP contribution is 2.22. The van der Waals surface area contributed by atoms with Crippen molar-refractivity contribution in [2.75, 3.05) is 5.32 Å².